The number of thioether (sulfide) groups is 1. The monoisotopic (exact) mass is 230 g/mol. The van der Waals surface area contributed by atoms with Gasteiger partial charge in [0.25, 0.3) is 0 Å². The third kappa shape index (κ3) is 3.11. The number of nitrogens with two attached hydrogens (primary N) is 1. The summed E-state index contributed by atoms with van der Waals surface area (Å²) in [6, 6.07) is 0. The molecule has 1 rings (SSSR count). The van der Waals surface area contributed by atoms with E-state index in [4.69, 9.17) is 5.73 Å². The summed E-state index contributed by atoms with van der Waals surface area (Å²) in [7, 11) is 0. The van der Waals surface area contributed by atoms with E-state index in [1.165, 1.54) is 31.6 Å². The van der Waals surface area contributed by atoms with Crippen LogP contribution in [0.1, 0.15) is 40.0 Å². The predicted molar refractivity (Wildman–Crippen MR) is 70.5 cm³/mol. The lowest BCUT2D eigenvalue weighted by Crippen LogP contribution is -2.54. The second-order valence-electron chi connectivity index (χ2n) is 4.69. The molecule has 0 spiro atoms. The fourth-order valence-electron chi connectivity index (χ4n) is 2.52. The van der Waals surface area contributed by atoms with Crippen molar-refractivity contribution in [3.8, 4) is 0 Å². The van der Waals surface area contributed by atoms with Crippen molar-refractivity contribution in [2.45, 2.75) is 50.8 Å². The fourth-order valence-corrected chi connectivity index (χ4v) is 3.96. The molecule has 0 aromatic heterocycles. The molecule has 15 heavy (non-hydrogen) atoms. The van der Waals surface area contributed by atoms with Crippen molar-refractivity contribution < 1.29 is 0 Å². The first-order chi connectivity index (χ1) is 7.18. The highest BCUT2D eigenvalue weighted by molar-refractivity contribution is 8.00. The Hall–Kier alpha value is 0.270. The van der Waals surface area contributed by atoms with Crippen molar-refractivity contribution in [2.24, 2.45) is 5.73 Å². The Morgan fingerprint density at radius 1 is 1.47 bits per heavy atom. The average Bonchev–Trinajstić information content (AvgIpc) is 2.63. The summed E-state index contributed by atoms with van der Waals surface area (Å²) in [4.78, 5) is 2.62. The summed E-state index contributed by atoms with van der Waals surface area (Å²) < 4.78 is 0. The van der Waals surface area contributed by atoms with E-state index in [1.807, 2.05) is 0 Å². The van der Waals surface area contributed by atoms with Gasteiger partial charge in [-0.15, -0.1) is 0 Å². The van der Waals surface area contributed by atoms with Crippen molar-refractivity contribution in [1.82, 2.24) is 4.90 Å². The molecule has 2 nitrogen and oxygen atoms in total. The van der Waals surface area contributed by atoms with Gasteiger partial charge in [0.2, 0.25) is 0 Å². The van der Waals surface area contributed by atoms with Crippen molar-refractivity contribution in [3.05, 3.63) is 0 Å². The van der Waals surface area contributed by atoms with Gasteiger partial charge in [0, 0.05) is 23.1 Å². The highest BCUT2D eigenvalue weighted by Crippen LogP contribution is 2.37. The van der Waals surface area contributed by atoms with Crippen LogP contribution >= 0.6 is 11.8 Å². The second kappa shape index (κ2) is 6.12. The average molecular weight is 230 g/mol. The Kier molecular flexibility index (Phi) is 5.44. The Labute approximate surface area is 99.0 Å². The molecule has 0 aliphatic carbocycles. The van der Waals surface area contributed by atoms with E-state index >= 15 is 0 Å². The maximum Gasteiger partial charge on any atom is 0.0432 e. The summed E-state index contributed by atoms with van der Waals surface area (Å²) in [5.41, 5.74) is 6.32. The highest BCUT2D eigenvalue weighted by Gasteiger charge is 2.40. The van der Waals surface area contributed by atoms with Crippen LogP contribution in [0.3, 0.4) is 0 Å². The number of unbranched alkanes of at least 4 members (excludes halogenated alkanes) is 1. The lowest BCUT2D eigenvalue weighted by atomic mass is 9.93. The van der Waals surface area contributed by atoms with Crippen molar-refractivity contribution in [2.75, 3.05) is 25.4 Å². The standard InChI is InChI=1S/C12H26N2S/c1-4-6-7-14(5-2)12(9-13)8-11(3)15-10-12/h11H,4-10,13H2,1-3H3. The minimum absolute atomic E-state index is 0.300. The van der Waals surface area contributed by atoms with E-state index in [0.29, 0.717) is 5.54 Å². The largest absolute Gasteiger partial charge is 0.329 e. The highest BCUT2D eigenvalue weighted by atomic mass is 32.2. The Balaban J connectivity index is 2.61. The molecular weight excluding hydrogens is 204 g/mol. The van der Waals surface area contributed by atoms with Crippen molar-refractivity contribution in [1.29, 1.82) is 0 Å². The molecule has 0 bridgehead atoms. The molecule has 0 aromatic rings. The predicted octanol–water partition coefficient (Wildman–Crippen LogP) is 2.33. The topological polar surface area (TPSA) is 29.3 Å². The molecule has 2 unspecified atom stereocenters. The van der Waals surface area contributed by atoms with Gasteiger partial charge in [0.15, 0.2) is 0 Å². The molecule has 2 N–H and O–H groups in total. The van der Waals surface area contributed by atoms with Crippen LogP contribution in [-0.4, -0.2) is 41.1 Å². The van der Waals surface area contributed by atoms with Crippen LogP contribution in [0.4, 0.5) is 0 Å². The van der Waals surface area contributed by atoms with Crippen LogP contribution in [0, 0.1) is 0 Å². The van der Waals surface area contributed by atoms with Gasteiger partial charge in [-0.3, -0.25) is 4.90 Å². The quantitative estimate of drug-likeness (QED) is 0.759. The first-order valence-electron chi connectivity index (χ1n) is 6.25. The van der Waals surface area contributed by atoms with Crippen LogP contribution in [-0.2, 0) is 0 Å². The SMILES string of the molecule is CCCCN(CC)C1(CN)CSC(C)C1. The molecule has 3 heteroatoms. The Morgan fingerprint density at radius 2 is 2.20 bits per heavy atom. The van der Waals surface area contributed by atoms with Gasteiger partial charge in [-0.05, 0) is 25.9 Å². The van der Waals surface area contributed by atoms with E-state index < -0.39 is 0 Å². The number of nitrogens with zero attached hydrogens (tertiary/aromatic N) is 1. The summed E-state index contributed by atoms with van der Waals surface area (Å²) >= 11 is 2.08. The molecule has 1 aliphatic heterocycles. The van der Waals surface area contributed by atoms with Gasteiger partial charge < -0.3 is 5.73 Å². The molecule has 1 aliphatic rings. The van der Waals surface area contributed by atoms with Gasteiger partial charge in [0.05, 0.1) is 0 Å². The zero-order valence-electron chi connectivity index (χ0n) is 10.5. The third-order valence-corrected chi connectivity index (χ3v) is 4.96. The first-order valence-corrected chi connectivity index (χ1v) is 7.30. The maximum absolute atomic E-state index is 6.02. The van der Waals surface area contributed by atoms with Crippen LogP contribution in [0.2, 0.25) is 0 Å². The summed E-state index contributed by atoms with van der Waals surface area (Å²) in [6.45, 7) is 10.0. The molecular formula is C12H26N2S. The summed E-state index contributed by atoms with van der Waals surface area (Å²) in [6.07, 6.45) is 3.85. The van der Waals surface area contributed by atoms with Crippen molar-refractivity contribution in [3.63, 3.8) is 0 Å². The van der Waals surface area contributed by atoms with Crippen LogP contribution < -0.4 is 5.73 Å². The summed E-state index contributed by atoms with van der Waals surface area (Å²) in [5, 5.41) is 0.782. The minimum Gasteiger partial charge on any atom is -0.329 e. The summed E-state index contributed by atoms with van der Waals surface area (Å²) in [5.74, 6) is 1.22. The molecule has 0 amide bonds. The van der Waals surface area contributed by atoms with Gasteiger partial charge in [-0.25, -0.2) is 0 Å². The molecule has 1 fully saturated rings. The minimum atomic E-state index is 0.300. The fraction of sp³-hybridized carbons (Fsp3) is 1.00. The number of hydrogen-bond acceptors (Lipinski definition) is 3. The van der Waals surface area contributed by atoms with Crippen molar-refractivity contribution >= 4 is 11.8 Å². The maximum atomic E-state index is 6.02. The van der Waals surface area contributed by atoms with Crippen LogP contribution in [0.5, 0.6) is 0 Å². The normalized spacial score (nSPS) is 31.4. The molecule has 1 heterocycles. The van der Waals surface area contributed by atoms with E-state index in [2.05, 4.69) is 37.4 Å². The third-order valence-electron chi connectivity index (χ3n) is 3.52. The molecule has 0 saturated carbocycles. The molecule has 1 saturated heterocycles. The second-order valence-corrected chi connectivity index (χ2v) is 6.11. The molecule has 0 radical (unpaired) electrons. The van der Waals surface area contributed by atoms with Crippen LogP contribution in [0.15, 0.2) is 0 Å². The van der Waals surface area contributed by atoms with Crippen LogP contribution in [0.25, 0.3) is 0 Å². The van der Waals surface area contributed by atoms with Gasteiger partial charge >= 0.3 is 0 Å². The van der Waals surface area contributed by atoms with E-state index in [1.54, 1.807) is 0 Å². The van der Waals surface area contributed by atoms with Gasteiger partial charge in [0.1, 0.15) is 0 Å². The van der Waals surface area contributed by atoms with E-state index in [0.717, 1.165) is 18.3 Å². The molecule has 90 valence electrons. The Bertz CT molecular complexity index is 186. The zero-order valence-corrected chi connectivity index (χ0v) is 11.3. The molecule has 0 aromatic carbocycles. The molecule has 2 atom stereocenters. The van der Waals surface area contributed by atoms with Gasteiger partial charge in [-0.1, -0.05) is 27.2 Å². The zero-order chi connectivity index (χ0) is 11.3. The smallest absolute Gasteiger partial charge is 0.0432 e. The number of likely N-dealkylation sites (N-methyl/N-ethyl adjacent to an activating group) is 1. The lowest BCUT2D eigenvalue weighted by Gasteiger charge is -2.39. The Morgan fingerprint density at radius 3 is 2.60 bits per heavy atom. The number of hydrogen-bond donors (Lipinski definition) is 1. The van der Waals surface area contributed by atoms with Gasteiger partial charge in [-0.2, -0.15) is 11.8 Å². The first kappa shape index (κ1) is 13.3. The van der Waals surface area contributed by atoms with E-state index in [-0.39, 0.29) is 0 Å². The van der Waals surface area contributed by atoms with E-state index in [9.17, 15) is 0 Å². The lowest BCUT2D eigenvalue weighted by molar-refractivity contribution is 0.117. The number of rotatable bonds is 6.